The molecule has 9 aromatic rings. The average molecular weight is 691 g/mol. The van der Waals surface area contributed by atoms with Crippen molar-refractivity contribution in [2.45, 2.75) is 19.3 Å². The molecule has 4 heteroatoms. The summed E-state index contributed by atoms with van der Waals surface area (Å²) in [5.74, 6) is 0.507. The van der Waals surface area contributed by atoms with Crippen LogP contribution in [0.15, 0.2) is 164 Å². The van der Waals surface area contributed by atoms with E-state index >= 15 is 0 Å². The number of allylic oxidation sites excluding steroid dienone is 1. The standard InChI is InChI=1S/C47H34N2S2/c1-31-15-13-25-43-45(31)38-29-35(27-28-42(38)50-43)49(34-20-9-4-10-21-34)40-24-14-26-44-46(40)39-30-41(36-22-11-12-23-37(36)47(39)51-44)48(32-16-5-2-6-17-32)33-18-7-3-8-19-33/h2-14,16-31H,15H2,1H3. The Hall–Kier alpha value is -5.68. The van der Waals surface area contributed by atoms with Crippen molar-refractivity contribution >= 4 is 104 Å². The Morgan fingerprint density at radius 1 is 0.490 bits per heavy atom. The number of anilines is 6. The first kappa shape index (κ1) is 30.2. The third-order valence-electron chi connectivity index (χ3n) is 10.2. The Bertz CT molecular complexity index is 2700. The minimum Gasteiger partial charge on any atom is -0.310 e. The summed E-state index contributed by atoms with van der Waals surface area (Å²) in [5.41, 5.74) is 8.45. The lowest BCUT2D eigenvalue weighted by molar-refractivity contribution is 0.783. The number of rotatable bonds is 6. The highest BCUT2D eigenvalue weighted by molar-refractivity contribution is 7.26. The topological polar surface area (TPSA) is 6.48 Å². The van der Waals surface area contributed by atoms with Crippen LogP contribution in [0.2, 0.25) is 0 Å². The number of hydrogen-bond donors (Lipinski definition) is 0. The summed E-state index contributed by atoms with van der Waals surface area (Å²) in [6.45, 7) is 2.37. The third-order valence-corrected chi connectivity index (χ3v) is 12.6. The van der Waals surface area contributed by atoms with Crippen LogP contribution in [0, 0.1) is 0 Å². The van der Waals surface area contributed by atoms with Crippen molar-refractivity contribution in [3.63, 3.8) is 0 Å². The summed E-state index contributed by atoms with van der Waals surface area (Å²) in [6, 6.07) is 57.6. The Kier molecular flexibility index (Phi) is 7.26. The monoisotopic (exact) mass is 690 g/mol. The van der Waals surface area contributed by atoms with Gasteiger partial charge >= 0.3 is 0 Å². The van der Waals surface area contributed by atoms with Crippen molar-refractivity contribution in [1.82, 2.24) is 0 Å². The Balaban J connectivity index is 1.27. The van der Waals surface area contributed by atoms with Crippen LogP contribution in [0.5, 0.6) is 0 Å². The van der Waals surface area contributed by atoms with Crippen molar-refractivity contribution in [3.8, 4) is 0 Å². The van der Waals surface area contributed by atoms with E-state index in [0.717, 1.165) is 23.5 Å². The van der Waals surface area contributed by atoms with E-state index in [4.69, 9.17) is 0 Å². The van der Waals surface area contributed by atoms with Gasteiger partial charge in [0.1, 0.15) is 0 Å². The molecule has 10 rings (SSSR count). The van der Waals surface area contributed by atoms with Gasteiger partial charge in [0.05, 0.1) is 11.4 Å². The molecule has 244 valence electrons. The van der Waals surface area contributed by atoms with Gasteiger partial charge in [-0.3, -0.25) is 0 Å². The summed E-state index contributed by atoms with van der Waals surface area (Å²) >= 11 is 3.81. The molecule has 51 heavy (non-hydrogen) atoms. The van der Waals surface area contributed by atoms with Gasteiger partial charge in [-0.15, -0.1) is 22.7 Å². The molecule has 0 fully saturated rings. The molecule has 0 spiro atoms. The van der Waals surface area contributed by atoms with Crippen LogP contribution in [-0.4, -0.2) is 0 Å². The molecule has 0 aliphatic heterocycles. The normalized spacial score (nSPS) is 14.0. The summed E-state index contributed by atoms with van der Waals surface area (Å²) in [6.07, 6.45) is 5.74. The van der Waals surface area contributed by atoms with Crippen molar-refractivity contribution in [2.24, 2.45) is 0 Å². The summed E-state index contributed by atoms with van der Waals surface area (Å²) in [7, 11) is 0. The van der Waals surface area contributed by atoms with Crippen molar-refractivity contribution in [3.05, 3.63) is 174 Å². The molecule has 1 aliphatic rings. The number of fused-ring (bicyclic) bond motifs is 8. The van der Waals surface area contributed by atoms with E-state index < -0.39 is 0 Å². The first-order valence-electron chi connectivity index (χ1n) is 17.6. The summed E-state index contributed by atoms with van der Waals surface area (Å²) in [4.78, 5) is 6.29. The fourth-order valence-electron chi connectivity index (χ4n) is 7.96. The predicted octanol–water partition coefficient (Wildman–Crippen LogP) is 14.9. The molecule has 1 atom stereocenters. The highest BCUT2D eigenvalue weighted by Gasteiger charge is 2.24. The number of hydrogen-bond acceptors (Lipinski definition) is 4. The van der Waals surface area contributed by atoms with Crippen LogP contribution in [0.4, 0.5) is 34.1 Å². The van der Waals surface area contributed by atoms with Gasteiger partial charge in [0.2, 0.25) is 0 Å². The number of para-hydroxylation sites is 3. The zero-order chi connectivity index (χ0) is 33.9. The van der Waals surface area contributed by atoms with E-state index in [9.17, 15) is 0 Å². The molecule has 2 heterocycles. The van der Waals surface area contributed by atoms with E-state index in [1.807, 2.05) is 22.7 Å². The van der Waals surface area contributed by atoms with Crippen LogP contribution < -0.4 is 9.80 Å². The first-order valence-corrected chi connectivity index (χ1v) is 19.2. The van der Waals surface area contributed by atoms with Crippen molar-refractivity contribution in [2.75, 3.05) is 9.80 Å². The largest absolute Gasteiger partial charge is 0.310 e. The number of nitrogens with zero attached hydrogens (tertiary/aromatic N) is 2. The maximum atomic E-state index is 2.47. The minimum absolute atomic E-state index is 0.507. The fourth-order valence-corrected chi connectivity index (χ4v) is 10.4. The number of thiophene rings is 2. The molecular weight excluding hydrogens is 657 g/mol. The van der Waals surface area contributed by atoms with Crippen LogP contribution in [-0.2, 0) is 0 Å². The first-order chi connectivity index (χ1) is 25.2. The predicted molar refractivity (Wildman–Crippen MR) is 224 cm³/mol. The van der Waals surface area contributed by atoms with Gasteiger partial charge in [-0.05, 0) is 102 Å². The van der Waals surface area contributed by atoms with Crippen LogP contribution in [0.3, 0.4) is 0 Å². The van der Waals surface area contributed by atoms with E-state index in [1.165, 1.54) is 68.5 Å². The van der Waals surface area contributed by atoms with E-state index in [1.54, 1.807) is 0 Å². The summed E-state index contributed by atoms with van der Waals surface area (Å²) < 4.78 is 3.95. The van der Waals surface area contributed by atoms with Crippen molar-refractivity contribution < 1.29 is 0 Å². The van der Waals surface area contributed by atoms with Gasteiger partial charge < -0.3 is 9.80 Å². The number of benzene rings is 7. The maximum Gasteiger partial charge on any atom is 0.0554 e. The van der Waals surface area contributed by atoms with Gasteiger partial charge in [-0.1, -0.05) is 97.9 Å². The molecule has 1 aliphatic carbocycles. The second-order valence-electron chi connectivity index (χ2n) is 13.3. The molecule has 7 aromatic carbocycles. The summed E-state index contributed by atoms with van der Waals surface area (Å²) in [5, 5.41) is 6.43. The molecule has 2 nitrogen and oxygen atoms in total. The lowest BCUT2D eigenvalue weighted by Crippen LogP contribution is -2.11. The smallest absolute Gasteiger partial charge is 0.0554 e. The molecule has 0 radical (unpaired) electrons. The lowest BCUT2D eigenvalue weighted by Gasteiger charge is -2.28. The van der Waals surface area contributed by atoms with Crippen LogP contribution in [0.25, 0.3) is 47.1 Å². The van der Waals surface area contributed by atoms with Gasteiger partial charge in [0.15, 0.2) is 0 Å². The molecule has 0 N–H and O–H groups in total. The second kappa shape index (κ2) is 12.3. The van der Waals surface area contributed by atoms with Gasteiger partial charge in [0, 0.05) is 63.3 Å². The van der Waals surface area contributed by atoms with E-state index in [2.05, 4.69) is 187 Å². The SMILES string of the molecule is CC1CC=Cc2sc3ccc(N(c4ccccc4)c4cccc5sc6c7ccccc7c(N(c7ccccc7)c7ccccc7)cc6c45)cc3c21. The Labute approximate surface area is 305 Å². The Morgan fingerprint density at radius 2 is 1.12 bits per heavy atom. The molecule has 0 saturated heterocycles. The average Bonchev–Trinajstić information content (AvgIpc) is 3.76. The molecule has 0 amide bonds. The molecule has 1 unspecified atom stereocenters. The zero-order valence-electron chi connectivity index (χ0n) is 28.2. The highest BCUT2D eigenvalue weighted by atomic mass is 32.1. The lowest BCUT2D eigenvalue weighted by atomic mass is 9.91. The second-order valence-corrected chi connectivity index (χ2v) is 15.5. The van der Waals surface area contributed by atoms with Crippen LogP contribution >= 0.6 is 22.7 Å². The van der Waals surface area contributed by atoms with Gasteiger partial charge in [-0.2, -0.15) is 0 Å². The fraction of sp³-hybridized carbons (Fsp3) is 0.0638. The molecule has 0 bridgehead atoms. The molecular formula is C47H34N2S2. The quantitative estimate of drug-likeness (QED) is 0.171. The molecule has 0 saturated carbocycles. The zero-order valence-corrected chi connectivity index (χ0v) is 29.8. The van der Waals surface area contributed by atoms with Gasteiger partial charge in [0.25, 0.3) is 0 Å². The van der Waals surface area contributed by atoms with E-state index in [0.29, 0.717) is 5.92 Å². The molecule has 2 aromatic heterocycles. The van der Waals surface area contributed by atoms with Crippen LogP contribution in [0.1, 0.15) is 29.7 Å². The maximum absolute atomic E-state index is 2.47. The Morgan fingerprint density at radius 3 is 1.80 bits per heavy atom. The third kappa shape index (κ3) is 4.97. The minimum atomic E-state index is 0.507. The van der Waals surface area contributed by atoms with Gasteiger partial charge in [-0.25, -0.2) is 0 Å². The highest BCUT2D eigenvalue weighted by Crippen LogP contribution is 2.51. The van der Waals surface area contributed by atoms with E-state index in [-0.39, 0.29) is 0 Å². The van der Waals surface area contributed by atoms with Crippen molar-refractivity contribution in [1.29, 1.82) is 0 Å².